The fourth-order valence-corrected chi connectivity index (χ4v) is 2.97. The molecule has 2 unspecified atom stereocenters. The highest BCUT2D eigenvalue weighted by Crippen LogP contribution is 2.19. The Morgan fingerprint density at radius 3 is 2.92 bits per heavy atom. The summed E-state index contributed by atoms with van der Waals surface area (Å²) in [6, 6.07) is 1.06. The highest BCUT2D eigenvalue weighted by Gasteiger charge is 2.23. The lowest BCUT2D eigenvalue weighted by Gasteiger charge is -2.37. The molecule has 1 saturated heterocycles. The van der Waals surface area contributed by atoms with Crippen molar-refractivity contribution in [1.29, 1.82) is 0 Å². The van der Waals surface area contributed by atoms with Crippen LogP contribution in [-0.2, 0) is 4.79 Å². The Bertz CT molecular complexity index is 184. The Morgan fingerprint density at radius 1 is 1.69 bits per heavy atom. The summed E-state index contributed by atoms with van der Waals surface area (Å²) in [5.74, 6) is 2.73. The predicted molar refractivity (Wildman–Crippen MR) is 58.3 cm³/mol. The molecule has 1 aliphatic heterocycles. The zero-order valence-electron chi connectivity index (χ0n) is 8.75. The van der Waals surface area contributed by atoms with E-state index in [0.29, 0.717) is 24.3 Å². The summed E-state index contributed by atoms with van der Waals surface area (Å²) in [6.07, 6.45) is 0.703. The lowest BCUT2D eigenvalue weighted by atomic mass is 10.1. The van der Waals surface area contributed by atoms with E-state index in [2.05, 4.69) is 18.7 Å². The van der Waals surface area contributed by atoms with Crippen LogP contribution in [0, 0.1) is 0 Å². The minimum atomic E-state index is 0.304. The van der Waals surface area contributed by atoms with Crippen LogP contribution >= 0.6 is 11.8 Å². The molecular weight excluding hydrogens is 182 g/mol. The third-order valence-electron chi connectivity index (χ3n) is 2.57. The van der Waals surface area contributed by atoms with Gasteiger partial charge in [-0.05, 0) is 20.8 Å². The van der Waals surface area contributed by atoms with E-state index < -0.39 is 0 Å². The number of carbonyl (C=O) groups excluding carboxylic acids is 1. The van der Waals surface area contributed by atoms with E-state index in [-0.39, 0.29) is 0 Å². The molecule has 0 radical (unpaired) electrons. The van der Waals surface area contributed by atoms with Crippen LogP contribution in [0.15, 0.2) is 0 Å². The summed E-state index contributed by atoms with van der Waals surface area (Å²) in [4.78, 5) is 13.4. The number of nitrogens with zero attached hydrogens (tertiary/aromatic N) is 1. The first-order chi connectivity index (χ1) is 6.11. The molecule has 0 aliphatic carbocycles. The Balaban J connectivity index is 2.43. The van der Waals surface area contributed by atoms with Gasteiger partial charge in [-0.3, -0.25) is 9.69 Å². The van der Waals surface area contributed by atoms with Crippen LogP contribution < -0.4 is 0 Å². The van der Waals surface area contributed by atoms with Gasteiger partial charge in [0.1, 0.15) is 5.78 Å². The molecule has 13 heavy (non-hydrogen) atoms. The number of carbonyl (C=O) groups is 1. The average molecular weight is 201 g/mol. The zero-order chi connectivity index (χ0) is 9.84. The summed E-state index contributed by atoms with van der Waals surface area (Å²) in [6.45, 7) is 7.23. The number of thioether (sulfide) groups is 1. The van der Waals surface area contributed by atoms with E-state index >= 15 is 0 Å². The first-order valence-corrected chi connectivity index (χ1v) is 6.09. The fraction of sp³-hybridized carbons (Fsp3) is 0.900. The first-order valence-electron chi connectivity index (χ1n) is 4.94. The number of rotatable bonds is 3. The molecule has 1 rings (SSSR count). The molecule has 0 spiro atoms. The maximum Gasteiger partial charge on any atom is 0.131 e. The van der Waals surface area contributed by atoms with E-state index in [1.807, 2.05) is 11.8 Å². The van der Waals surface area contributed by atoms with E-state index in [1.54, 1.807) is 6.92 Å². The summed E-state index contributed by atoms with van der Waals surface area (Å²) in [5.41, 5.74) is 0. The van der Waals surface area contributed by atoms with Crippen LogP contribution in [0.25, 0.3) is 0 Å². The van der Waals surface area contributed by atoms with Gasteiger partial charge < -0.3 is 0 Å². The van der Waals surface area contributed by atoms with Gasteiger partial charge in [-0.25, -0.2) is 0 Å². The lowest BCUT2D eigenvalue weighted by molar-refractivity contribution is -0.118. The van der Waals surface area contributed by atoms with Crippen molar-refractivity contribution >= 4 is 17.5 Å². The molecule has 2 nitrogen and oxygen atoms in total. The van der Waals surface area contributed by atoms with Gasteiger partial charge in [0.2, 0.25) is 0 Å². The van der Waals surface area contributed by atoms with Gasteiger partial charge in [0.05, 0.1) is 0 Å². The Kier molecular flexibility index (Phi) is 4.26. The summed E-state index contributed by atoms with van der Waals surface area (Å²) < 4.78 is 0. The fourth-order valence-electron chi connectivity index (χ4n) is 1.93. The highest BCUT2D eigenvalue weighted by atomic mass is 32.2. The van der Waals surface area contributed by atoms with Crippen molar-refractivity contribution in [3.8, 4) is 0 Å². The van der Waals surface area contributed by atoms with Gasteiger partial charge in [0, 0.05) is 36.6 Å². The Morgan fingerprint density at radius 2 is 2.38 bits per heavy atom. The van der Waals surface area contributed by atoms with Gasteiger partial charge in [0.25, 0.3) is 0 Å². The summed E-state index contributed by atoms with van der Waals surface area (Å²) in [7, 11) is 0. The molecule has 0 aromatic heterocycles. The Labute approximate surface area is 85.1 Å². The topological polar surface area (TPSA) is 20.3 Å². The van der Waals surface area contributed by atoms with Crippen molar-refractivity contribution in [1.82, 2.24) is 4.90 Å². The van der Waals surface area contributed by atoms with E-state index in [1.165, 1.54) is 11.5 Å². The molecule has 3 heteroatoms. The molecule has 0 saturated carbocycles. The summed E-state index contributed by atoms with van der Waals surface area (Å²) >= 11 is 2.02. The maximum absolute atomic E-state index is 11.0. The van der Waals surface area contributed by atoms with Crippen molar-refractivity contribution < 1.29 is 4.79 Å². The molecule has 1 fully saturated rings. The van der Waals surface area contributed by atoms with Gasteiger partial charge in [-0.2, -0.15) is 11.8 Å². The highest BCUT2D eigenvalue weighted by molar-refractivity contribution is 7.99. The quantitative estimate of drug-likeness (QED) is 0.694. The van der Waals surface area contributed by atoms with Crippen molar-refractivity contribution in [3.05, 3.63) is 0 Å². The minimum absolute atomic E-state index is 0.304. The normalized spacial score (nSPS) is 27.2. The molecule has 1 aliphatic rings. The third-order valence-corrected chi connectivity index (χ3v) is 3.76. The largest absolute Gasteiger partial charge is 0.300 e. The maximum atomic E-state index is 11.0. The van der Waals surface area contributed by atoms with Crippen LogP contribution in [0.4, 0.5) is 0 Å². The van der Waals surface area contributed by atoms with Crippen LogP contribution in [0.2, 0.25) is 0 Å². The molecule has 0 amide bonds. The van der Waals surface area contributed by atoms with Crippen LogP contribution in [-0.4, -0.2) is 40.8 Å². The number of Topliss-reactive ketones (excluding diaryl/α,β-unsaturated/α-hetero) is 1. The van der Waals surface area contributed by atoms with Crippen molar-refractivity contribution in [3.63, 3.8) is 0 Å². The van der Waals surface area contributed by atoms with Gasteiger partial charge in [-0.15, -0.1) is 0 Å². The first kappa shape index (κ1) is 11.1. The minimum Gasteiger partial charge on any atom is -0.300 e. The number of hydrogen-bond donors (Lipinski definition) is 0. The second-order valence-electron chi connectivity index (χ2n) is 3.92. The predicted octanol–water partition coefficient (Wildman–Crippen LogP) is 1.79. The molecular formula is C10H19NOS. The molecule has 2 atom stereocenters. The van der Waals surface area contributed by atoms with Gasteiger partial charge in [0.15, 0.2) is 0 Å². The molecule has 76 valence electrons. The van der Waals surface area contributed by atoms with E-state index in [4.69, 9.17) is 0 Å². The zero-order valence-corrected chi connectivity index (χ0v) is 9.56. The molecule has 0 N–H and O–H groups in total. The Hall–Kier alpha value is -0.0200. The lowest BCUT2D eigenvalue weighted by Crippen LogP contribution is -2.46. The van der Waals surface area contributed by atoms with Crippen LogP contribution in [0.3, 0.4) is 0 Å². The van der Waals surface area contributed by atoms with Crippen molar-refractivity contribution in [2.24, 2.45) is 0 Å². The summed E-state index contributed by atoms with van der Waals surface area (Å²) in [5, 5.41) is 0. The van der Waals surface area contributed by atoms with Crippen LogP contribution in [0.5, 0.6) is 0 Å². The van der Waals surface area contributed by atoms with Crippen LogP contribution in [0.1, 0.15) is 27.2 Å². The number of hydrogen-bond acceptors (Lipinski definition) is 3. The van der Waals surface area contributed by atoms with Crippen molar-refractivity contribution in [2.75, 3.05) is 18.1 Å². The standard InChI is InChI=1S/C10H19NOS/c1-8(6-10(3)12)11-4-5-13-7-9(11)2/h8-9H,4-7H2,1-3H3. The van der Waals surface area contributed by atoms with E-state index in [9.17, 15) is 4.79 Å². The second-order valence-corrected chi connectivity index (χ2v) is 5.07. The third kappa shape index (κ3) is 3.31. The smallest absolute Gasteiger partial charge is 0.131 e. The van der Waals surface area contributed by atoms with Crippen molar-refractivity contribution in [2.45, 2.75) is 39.3 Å². The molecule has 0 aromatic carbocycles. The second kappa shape index (κ2) is 5.01. The molecule has 0 aromatic rings. The average Bonchev–Trinajstić information content (AvgIpc) is 2.03. The molecule has 0 bridgehead atoms. The monoisotopic (exact) mass is 201 g/mol. The SMILES string of the molecule is CC(=O)CC(C)N1CCSCC1C. The van der Waals surface area contributed by atoms with Gasteiger partial charge in [-0.1, -0.05) is 0 Å². The van der Waals surface area contributed by atoms with Gasteiger partial charge >= 0.3 is 0 Å². The number of ketones is 1. The molecule has 1 heterocycles. The van der Waals surface area contributed by atoms with E-state index in [0.717, 1.165) is 6.54 Å².